The SMILES string of the molecule is C(=Nc1ccccc1)C(=CNc1ccccc1)Cc1ccccc1.Cl. The van der Waals surface area contributed by atoms with Crippen molar-refractivity contribution in [1.29, 1.82) is 0 Å². The standard InChI is InChI=1S/C22H20N2.ClH/c1-4-10-19(11-5-1)16-20(17-23-21-12-6-2-7-13-21)18-24-22-14-8-3-9-15-22;/h1-15,17-18,23H,16H2;1H. The van der Waals surface area contributed by atoms with E-state index in [-0.39, 0.29) is 12.4 Å². The summed E-state index contributed by atoms with van der Waals surface area (Å²) in [6.45, 7) is 0. The highest BCUT2D eigenvalue weighted by atomic mass is 35.5. The van der Waals surface area contributed by atoms with E-state index in [9.17, 15) is 0 Å². The molecule has 126 valence electrons. The molecule has 0 spiro atoms. The molecule has 0 saturated heterocycles. The molecule has 25 heavy (non-hydrogen) atoms. The first-order chi connectivity index (χ1) is 11.9. The van der Waals surface area contributed by atoms with Crippen LogP contribution in [0.4, 0.5) is 11.4 Å². The zero-order valence-electron chi connectivity index (χ0n) is 13.9. The Morgan fingerprint density at radius 3 is 1.96 bits per heavy atom. The van der Waals surface area contributed by atoms with Gasteiger partial charge >= 0.3 is 0 Å². The number of nitrogens with zero attached hydrogens (tertiary/aromatic N) is 1. The van der Waals surface area contributed by atoms with Crippen LogP contribution in [0.5, 0.6) is 0 Å². The van der Waals surface area contributed by atoms with E-state index in [4.69, 9.17) is 0 Å². The number of halogens is 1. The first kappa shape index (κ1) is 18.5. The Balaban J connectivity index is 0.00000225. The molecule has 0 heterocycles. The lowest BCUT2D eigenvalue weighted by Crippen LogP contribution is -1.97. The van der Waals surface area contributed by atoms with Gasteiger partial charge in [-0.1, -0.05) is 66.7 Å². The Kier molecular flexibility index (Phi) is 7.48. The highest BCUT2D eigenvalue weighted by Gasteiger charge is 1.98. The van der Waals surface area contributed by atoms with Gasteiger partial charge in [0.15, 0.2) is 0 Å². The summed E-state index contributed by atoms with van der Waals surface area (Å²) in [5, 5.41) is 3.35. The van der Waals surface area contributed by atoms with Crippen molar-refractivity contribution in [2.24, 2.45) is 4.99 Å². The first-order valence-corrected chi connectivity index (χ1v) is 8.04. The molecule has 0 unspecified atom stereocenters. The predicted molar refractivity (Wildman–Crippen MR) is 110 cm³/mol. The monoisotopic (exact) mass is 348 g/mol. The summed E-state index contributed by atoms with van der Waals surface area (Å²) in [4.78, 5) is 4.58. The maximum absolute atomic E-state index is 4.58. The van der Waals surface area contributed by atoms with Gasteiger partial charge in [0.05, 0.1) is 5.69 Å². The minimum absolute atomic E-state index is 0. The van der Waals surface area contributed by atoms with E-state index in [1.54, 1.807) is 0 Å². The van der Waals surface area contributed by atoms with Gasteiger partial charge in [-0.25, -0.2) is 0 Å². The molecule has 3 rings (SSSR count). The van der Waals surface area contributed by atoms with Crippen molar-refractivity contribution in [3.05, 3.63) is 108 Å². The number of benzene rings is 3. The number of allylic oxidation sites excluding steroid dienone is 1. The summed E-state index contributed by atoms with van der Waals surface area (Å²) < 4.78 is 0. The van der Waals surface area contributed by atoms with Gasteiger partial charge in [0.1, 0.15) is 0 Å². The zero-order valence-corrected chi connectivity index (χ0v) is 14.7. The Hall–Kier alpha value is -2.84. The van der Waals surface area contributed by atoms with Gasteiger partial charge in [0.2, 0.25) is 0 Å². The number of para-hydroxylation sites is 2. The fourth-order valence-corrected chi connectivity index (χ4v) is 2.35. The van der Waals surface area contributed by atoms with Crippen LogP contribution in [-0.4, -0.2) is 6.21 Å². The van der Waals surface area contributed by atoms with Crippen LogP contribution >= 0.6 is 12.4 Å². The fraction of sp³-hybridized carbons (Fsp3) is 0.0455. The number of rotatable bonds is 6. The lowest BCUT2D eigenvalue weighted by atomic mass is 10.1. The summed E-state index contributed by atoms with van der Waals surface area (Å²) in [6.07, 6.45) is 4.78. The van der Waals surface area contributed by atoms with E-state index < -0.39 is 0 Å². The molecule has 0 aromatic heterocycles. The molecule has 3 aromatic carbocycles. The van der Waals surface area contributed by atoms with E-state index in [0.717, 1.165) is 23.4 Å². The Morgan fingerprint density at radius 1 is 0.760 bits per heavy atom. The Morgan fingerprint density at radius 2 is 1.32 bits per heavy atom. The zero-order chi connectivity index (χ0) is 16.5. The van der Waals surface area contributed by atoms with Gasteiger partial charge in [0.25, 0.3) is 0 Å². The molecule has 2 nitrogen and oxygen atoms in total. The fourth-order valence-electron chi connectivity index (χ4n) is 2.35. The number of hydrogen-bond acceptors (Lipinski definition) is 2. The highest BCUT2D eigenvalue weighted by Crippen LogP contribution is 2.13. The van der Waals surface area contributed by atoms with E-state index in [1.165, 1.54) is 5.56 Å². The minimum Gasteiger partial charge on any atom is -0.361 e. The van der Waals surface area contributed by atoms with Crippen molar-refractivity contribution >= 4 is 30.0 Å². The van der Waals surface area contributed by atoms with Crippen LogP contribution in [0.3, 0.4) is 0 Å². The van der Waals surface area contributed by atoms with Crippen LogP contribution < -0.4 is 5.32 Å². The second kappa shape index (κ2) is 10.1. The predicted octanol–water partition coefficient (Wildman–Crippen LogP) is 6.05. The second-order valence-electron chi connectivity index (χ2n) is 5.49. The van der Waals surface area contributed by atoms with Crippen LogP contribution in [0.1, 0.15) is 5.56 Å². The topological polar surface area (TPSA) is 24.4 Å². The number of hydrogen-bond donors (Lipinski definition) is 1. The molecule has 0 fully saturated rings. The molecule has 0 aliphatic rings. The van der Waals surface area contributed by atoms with Crippen molar-refractivity contribution in [3.8, 4) is 0 Å². The second-order valence-corrected chi connectivity index (χ2v) is 5.49. The van der Waals surface area contributed by atoms with Gasteiger partial charge in [-0.3, -0.25) is 4.99 Å². The maximum Gasteiger partial charge on any atom is 0.0629 e. The van der Waals surface area contributed by atoms with Gasteiger partial charge in [-0.05, 0) is 35.4 Å². The quantitative estimate of drug-likeness (QED) is 0.539. The van der Waals surface area contributed by atoms with E-state index in [1.807, 2.05) is 79.1 Å². The molecule has 0 radical (unpaired) electrons. The third kappa shape index (κ3) is 6.28. The van der Waals surface area contributed by atoms with Crippen LogP contribution in [0.2, 0.25) is 0 Å². The molecule has 0 aliphatic heterocycles. The van der Waals surface area contributed by atoms with Crippen molar-refractivity contribution in [2.45, 2.75) is 6.42 Å². The molecule has 3 aromatic rings. The Bertz CT molecular complexity index is 797. The average molecular weight is 349 g/mol. The largest absolute Gasteiger partial charge is 0.361 e. The van der Waals surface area contributed by atoms with E-state index in [2.05, 4.69) is 34.6 Å². The normalized spacial score (nSPS) is 11.1. The summed E-state index contributed by atoms with van der Waals surface area (Å²) in [7, 11) is 0. The lowest BCUT2D eigenvalue weighted by Gasteiger charge is -2.05. The van der Waals surface area contributed by atoms with Gasteiger partial charge < -0.3 is 5.32 Å². The molecule has 0 saturated carbocycles. The molecular formula is C22H21ClN2. The van der Waals surface area contributed by atoms with Crippen LogP contribution in [0.15, 0.2) is 108 Å². The lowest BCUT2D eigenvalue weighted by molar-refractivity contribution is 1.22. The van der Waals surface area contributed by atoms with E-state index in [0.29, 0.717) is 0 Å². The van der Waals surface area contributed by atoms with Gasteiger partial charge in [-0.2, -0.15) is 0 Å². The highest BCUT2D eigenvalue weighted by molar-refractivity contribution is 5.85. The smallest absolute Gasteiger partial charge is 0.0629 e. The molecule has 0 aliphatic carbocycles. The third-order valence-corrected chi connectivity index (χ3v) is 3.58. The maximum atomic E-state index is 4.58. The Labute approximate surface area is 155 Å². The molecule has 3 heteroatoms. The van der Waals surface area contributed by atoms with Crippen molar-refractivity contribution in [1.82, 2.24) is 0 Å². The van der Waals surface area contributed by atoms with E-state index >= 15 is 0 Å². The number of nitrogens with one attached hydrogen (secondary N) is 1. The first-order valence-electron chi connectivity index (χ1n) is 8.04. The van der Waals surface area contributed by atoms with Crippen LogP contribution in [0, 0.1) is 0 Å². The minimum atomic E-state index is 0. The summed E-state index contributed by atoms with van der Waals surface area (Å²) in [5.74, 6) is 0. The number of anilines is 1. The molecular weight excluding hydrogens is 328 g/mol. The molecule has 1 N–H and O–H groups in total. The van der Waals surface area contributed by atoms with Crippen LogP contribution in [0.25, 0.3) is 0 Å². The molecule has 0 atom stereocenters. The van der Waals surface area contributed by atoms with Crippen molar-refractivity contribution in [3.63, 3.8) is 0 Å². The molecule has 0 bridgehead atoms. The van der Waals surface area contributed by atoms with Crippen LogP contribution in [-0.2, 0) is 6.42 Å². The van der Waals surface area contributed by atoms with Crippen molar-refractivity contribution < 1.29 is 0 Å². The summed E-state index contributed by atoms with van der Waals surface area (Å²) in [6, 6.07) is 30.6. The van der Waals surface area contributed by atoms with Crippen molar-refractivity contribution in [2.75, 3.05) is 5.32 Å². The van der Waals surface area contributed by atoms with Gasteiger partial charge in [0, 0.05) is 24.5 Å². The number of aliphatic imine (C=N–C) groups is 1. The summed E-state index contributed by atoms with van der Waals surface area (Å²) >= 11 is 0. The van der Waals surface area contributed by atoms with Gasteiger partial charge in [-0.15, -0.1) is 12.4 Å². The third-order valence-electron chi connectivity index (χ3n) is 3.58. The summed E-state index contributed by atoms with van der Waals surface area (Å²) in [5.41, 5.74) is 4.40. The average Bonchev–Trinajstić information content (AvgIpc) is 2.66. The molecule has 0 amide bonds.